The third-order valence-corrected chi connectivity index (χ3v) is 4.14. The lowest BCUT2D eigenvalue weighted by molar-refractivity contribution is 0.165. The Labute approximate surface area is 121 Å². The molecule has 1 atom stereocenters. The van der Waals surface area contributed by atoms with Gasteiger partial charge in [0.25, 0.3) is 0 Å². The van der Waals surface area contributed by atoms with Crippen LogP contribution in [0.3, 0.4) is 0 Å². The molecule has 4 heteroatoms. The lowest BCUT2D eigenvalue weighted by atomic mass is 10.0. The highest BCUT2D eigenvalue weighted by Gasteiger charge is 2.09. The number of hydrogen-bond acceptors (Lipinski definition) is 2. The molecule has 96 valence electrons. The normalized spacial score (nSPS) is 12.6. The van der Waals surface area contributed by atoms with Gasteiger partial charge in [-0.2, -0.15) is 11.3 Å². The maximum atomic E-state index is 10.0. The zero-order chi connectivity index (χ0) is 13.0. The Morgan fingerprint density at radius 2 is 2.06 bits per heavy atom. The molecule has 2 rings (SSSR count). The van der Waals surface area contributed by atoms with Crippen LogP contribution in [0.4, 0.5) is 0 Å². The number of benzene rings is 1. The van der Waals surface area contributed by atoms with Gasteiger partial charge in [0.1, 0.15) is 0 Å². The minimum Gasteiger partial charge on any atom is -0.393 e. The first-order chi connectivity index (χ1) is 8.65. The largest absolute Gasteiger partial charge is 0.393 e. The second-order valence-electron chi connectivity index (χ2n) is 4.26. The first-order valence-electron chi connectivity index (χ1n) is 5.78. The summed E-state index contributed by atoms with van der Waals surface area (Å²) in [6.45, 7) is 0. The minimum atomic E-state index is -0.372. The molecule has 0 fully saturated rings. The summed E-state index contributed by atoms with van der Waals surface area (Å²) in [7, 11) is 0. The van der Waals surface area contributed by atoms with Crippen molar-refractivity contribution >= 4 is 34.5 Å². The summed E-state index contributed by atoms with van der Waals surface area (Å²) >= 11 is 13.6. The van der Waals surface area contributed by atoms with Crippen molar-refractivity contribution in [1.29, 1.82) is 0 Å². The average Bonchev–Trinajstić information content (AvgIpc) is 2.83. The molecule has 1 aromatic heterocycles. The van der Waals surface area contributed by atoms with E-state index in [0.29, 0.717) is 16.5 Å². The standard InChI is InChI=1S/C14H14Cl2OS/c15-12-3-2-11(14(16)8-12)7-13(17)4-1-10-5-6-18-9-10/h2-3,5-6,8-9,13,17H,1,4,7H2. The van der Waals surface area contributed by atoms with Crippen molar-refractivity contribution in [3.8, 4) is 0 Å². The van der Waals surface area contributed by atoms with E-state index in [1.54, 1.807) is 23.5 Å². The van der Waals surface area contributed by atoms with Crippen LogP contribution in [0.2, 0.25) is 10.0 Å². The van der Waals surface area contributed by atoms with Crippen molar-refractivity contribution in [3.63, 3.8) is 0 Å². The molecule has 1 nitrogen and oxygen atoms in total. The van der Waals surface area contributed by atoms with Gasteiger partial charge in [0.15, 0.2) is 0 Å². The topological polar surface area (TPSA) is 20.2 Å². The smallest absolute Gasteiger partial charge is 0.0584 e. The zero-order valence-corrected chi connectivity index (χ0v) is 12.1. The summed E-state index contributed by atoms with van der Waals surface area (Å²) in [5.41, 5.74) is 2.22. The molecule has 18 heavy (non-hydrogen) atoms. The Bertz CT molecular complexity index is 497. The van der Waals surface area contributed by atoms with Gasteiger partial charge in [0.2, 0.25) is 0 Å². The van der Waals surface area contributed by atoms with Gasteiger partial charge in [-0.3, -0.25) is 0 Å². The first-order valence-corrected chi connectivity index (χ1v) is 7.48. The number of thiophene rings is 1. The number of halogens is 2. The van der Waals surface area contributed by atoms with Gasteiger partial charge in [-0.15, -0.1) is 0 Å². The number of aryl methyl sites for hydroxylation is 1. The van der Waals surface area contributed by atoms with E-state index in [1.807, 2.05) is 6.07 Å². The summed E-state index contributed by atoms with van der Waals surface area (Å²) < 4.78 is 0. The molecular weight excluding hydrogens is 287 g/mol. The Balaban J connectivity index is 1.88. The fourth-order valence-corrected chi connectivity index (χ4v) is 3.00. The summed E-state index contributed by atoms with van der Waals surface area (Å²) in [5, 5.41) is 15.4. The lowest BCUT2D eigenvalue weighted by Gasteiger charge is -2.11. The molecule has 0 saturated carbocycles. The van der Waals surface area contributed by atoms with Gasteiger partial charge in [-0.1, -0.05) is 29.3 Å². The molecule has 0 saturated heterocycles. The third kappa shape index (κ3) is 3.99. The molecule has 0 aliphatic carbocycles. The number of aliphatic hydroxyl groups is 1. The van der Waals surface area contributed by atoms with Crippen LogP contribution < -0.4 is 0 Å². The van der Waals surface area contributed by atoms with E-state index in [-0.39, 0.29) is 6.10 Å². The highest BCUT2D eigenvalue weighted by Crippen LogP contribution is 2.23. The van der Waals surface area contributed by atoms with E-state index in [4.69, 9.17) is 23.2 Å². The van der Waals surface area contributed by atoms with Crippen molar-refractivity contribution in [2.45, 2.75) is 25.4 Å². The number of hydrogen-bond donors (Lipinski definition) is 1. The quantitative estimate of drug-likeness (QED) is 0.856. The second-order valence-corrected chi connectivity index (χ2v) is 5.89. The van der Waals surface area contributed by atoms with E-state index in [9.17, 15) is 5.11 Å². The van der Waals surface area contributed by atoms with Gasteiger partial charge >= 0.3 is 0 Å². The van der Waals surface area contributed by atoms with E-state index < -0.39 is 0 Å². The SMILES string of the molecule is OC(CCc1ccsc1)Cc1ccc(Cl)cc1Cl. The van der Waals surface area contributed by atoms with Crippen LogP contribution in [0.25, 0.3) is 0 Å². The fraction of sp³-hybridized carbons (Fsp3) is 0.286. The molecule has 1 N–H and O–H groups in total. The highest BCUT2D eigenvalue weighted by atomic mass is 35.5. The molecule has 0 bridgehead atoms. The number of aliphatic hydroxyl groups excluding tert-OH is 1. The Morgan fingerprint density at radius 1 is 1.22 bits per heavy atom. The van der Waals surface area contributed by atoms with Crippen LogP contribution in [0.1, 0.15) is 17.5 Å². The van der Waals surface area contributed by atoms with Crippen molar-refractivity contribution in [3.05, 3.63) is 56.2 Å². The van der Waals surface area contributed by atoms with Gasteiger partial charge < -0.3 is 5.11 Å². The molecule has 0 aliphatic rings. The van der Waals surface area contributed by atoms with Crippen molar-refractivity contribution in [2.75, 3.05) is 0 Å². The van der Waals surface area contributed by atoms with Crippen molar-refractivity contribution < 1.29 is 5.11 Å². The molecule has 0 aliphatic heterocycles. The molecule has 0 spiro atoms. The van der Waals surface area contributed by atoms with Crippen LogP contribution in [0.5, 0.6) is 0 Å². The summed E-state index contributed by atoms with van der Waals surface area (Å²) in [6.07, 6.45) is 1.84. The Hall–Kier alpha value is -0.540. The average molecular weight is 301 g/mol. The molecule has 2 aromatic rings. The van der Waals surface area contributed by atoms with Crippen LogP contribution in [0.15, 0.2) is 35.0 Å². The first kappa shape index (κ1) is 13.9. The van der Waals surface area contributed by atoms with Crippen LogP contribution >= 0.6 is 34.5 Å². The van der Waals surface area contributed by atoms with Gasteiger partial charge in [-0.25, -0.2) is 0 Å². The fourth-order valence-electron chi connectivity index (χ4n) is 1.81. The zero-order valence-electron chi connectivity index (χ0n) is 9.77. The van der Waals surface area contributed by atoms with Crippen LogP contribution in [0, 0.1) is 0 Å². The molecule has 1 aromatic carbocycles. The van der Waals surface area contributed by atoms with E-state index >= 15 is 0 Å². The van der Waals surface area contributed by atoms with Crippen LogP contribution in [-0.2, 0) is 12.8 Å². The molecule has 1 heterocycles. The third-order valence-electron chi connectivity index (χ3n) is 2.82. The molecule has 1 unspecified atom stereocenters. The van der Waals surface area contributed by atoms with Crippen molar-refractivity contribution in [2.24, 2.45) is 0 Å². The highest BCUT2D eigenvalue weighted by molar-refractivity contribution is 7.07. The summed E-state index contributed by atoms with van der Waals surface area (Å²) in [4.78, 5) is 0. The van der Waals surface area contributed by atoms with E-state index in [1.165, 1.54) is 5.56 Å². The number of rotatable bonds is 5. The van der Waals surface area contributed by atoms with Gasteiger partial charge in [0, 0.05) is 10.0 Å². The van der Waals surface area contributed by atoms with Gasteiger partial charge in [0.05, 0.1) is 6.10 Å². The monoisotopic (exact) mass is 300 g/mol. The summed E-state index contributed by atoms with van der Waals surface area (Å²) in [5.74, 6) is 0. The maximum Gasteiger partial charge on any atom is 0.0584 e. The van der Waals surface area contributed by atoms with Crippen molar-refractivity contribution in [1.82, 2.24) is 0 Å². The van der Waals surface area contributed by atoms with E-state index in [2.05, 4.69) is 16.8 Å². The summed E-state index contributed by atoms with van der Waals surface area (Å²) in [6, 6.07) is 7.48. The second kappa shape index (κ2) is 6.58. The molecule has 0 radical (unpaired) electrons. The Morgan fingerprint density at radius 3 is 2.72 bits per heavy atom. The van der Waals surface area contributed by atoms with E-state index in [0.717, 1.165) is 18.4 Å². The van der Waals surface area contributed by atoms with Gasteiger partial charge in [-0.05, 0) is 59.3 Å². The lowest BCUT2D eigenvalue weighted by Crippen LogP contribution is -2.11. The molecular formula is C14H14Cl2OS. The predicted octanol–water partition coefficient (Wildman–Crippen LogP) is 4.59. The molecule has 0 amide bonds. The Kier molecular flexibility index (Phi) is 5.07. The maximum absolute atomic E-state index is 10.0. The minimum absolute atomic E-state index is 0.372. The predicted molar refractivity (Wildman–Crippen MR) is 78.8 cm³/mol. The van der Waals surface area contributed by atoms with Crippen LogP contribution in [-0.4, -0.2) is 11.2 Å².